The molecule has 0 radical (unpaired) electrons. The van der Waals surface area contributed by atoms with Crippen LogP contribution in [0.15, 0.2) is 16.6 Å². The summed E-state index contributed by atoms with van der Waals surface area (Å²) in [5.74, 6) is -0.790. The molecular weight excluding hydrogens is 327 g/mol. The van der Waals surface area contributed by atoms with Gasteiger partial charge in [-0.05, 0) is 40.9 Å². The van der Waals surface area contributed by atoms with Gasteiger partial charge in [-0.2, -0.15) is 0 Å². The standard InChI is InChI=1S/C14H18BrFN2O2/c15-10-6-11(16)12(17)5-9(10)14(20)18-7-8-3-1-2-4-13(8)19/h5-6,8,13,19H,1-4,7,17H2,(H,18,20). The van der Waals surface area contributed by atoms with E-state index in [1.54, 1.807) is 0 Å². The van der Waals surface area contributed by atoms with E-state index in [0.717, 1.165) is 25.7 Å². The van der Waals surface area contributed by atoms with Gasteiger partial charge in [-0.3, -0.25) is 4.79 Å². The van der Waals surface area contributed by atoms with Gasteiger partial charge in [0.15, 0.2) is 0 Å². The van der Waals surface area contributed by atoms with Crippen LogP contribution < -0.4 is 11.1 Å². The molecule has 0 aromatic heterocycles. The second-order valence-electron chi connectivity index (χ2n) is 5.18. The number of nitrogens with two attached hydrogens (primary N) is 1. The van der Waals surface area contributed by atoms with Crippen molar-refractivity contribution < 1.29 is 14.3 Å². The van der Waals surface area contributed by atoms with Gasteiger partial charge >= 0.3 is 0 Å². The van der Waals surface area contributed by atoms with Gasteiger partial charge in [0.05, 0.1) is 17.4 Å². The Labute approximate surface area is 125 Å². The van der Waals surface area contributed by atoms with Crippen molar-refractivity contribution in [2.24, 2.45) is 5.92 Å². The monoisotopic (exact) mass is 344 g/mol. The molecule has 20 heavy (non-hydrogen) atoms. The van der Waals surface area contributed by atoms with Crippen LogP contribution >= 0.6 is 15.9 Å². The van der Waals surface area contributed by atoms with Gasteiger partial charge in [0.25, 0.3) is 5.91 Å². The summed E-state index contributed by atoms with van der Waals surface area (Å²) < 4.78 is 13.6. The maximum absolute atomic E-state index is 13.2. The minimum absolute atomic E-state index is 0.0592. The fourth-order valence-electron chi connectivity index (χ4n) is 2.48. The van der Waals surface area contributed by atoms with Crippen LogP contribution in [0.3, 0.4) is 0 Å². The third-order valence-corrected chi connectivity index (χ3v) is 4.38. The highest BCUT2D eigenvalue weighted by Gasteiger charge is 2.24. The van der Waals surface area contributed by atoms with Gasteiger partial charge in [-0.25, -0.2) is 4.39 Å². The Morgan fingerprint density at radius 3 is 2.85 bits per heavy atom. The number of aliphatic hydroxyl groups excluding tert-OH is 1. The first kappa shape index (κ1) is 15.3. The van der Waals surface area contributed by atoms with E-state index in [2.05, 4.69) is 21.2 Å². The first-order chi connectivity index (χ1) is 9.49. The number of anilines is 1. The predicted octanol–water partition coefficient (Wildman–Crippen LogP) is 2.45. The van der Waals surface area contributed by atoms with Crippen LogP contribution in [0, 0.1) is 11.7 Å². The summed E-state index contributed by atoms with van der Waals surface area (Å²) in [6.45, 7) is 0.420. The van der Waals surface area contributed by atoms with E-state index in [4.69, 9.17) is 5.73 Å². The summed E-state index contributed by atoms with van der Waals surface area (Å²) in [7, 11) is 0. The molecule has 4 N–H and O–H groups in total. The minimum atomic E-state index is -0.559. The van der Waals surface area contributed by atoms with Crippen molar-refractivity contribution in [1.82, 2.24) is 5.32 Å². The fourth-order valence-corrected chi connectivity index (χ4v) is 2.98. The summed E-state index contributed by atoms with van der Waals surface area (Å²) in [6.07, 6.45) is 3.45. The van der Waals surface area contributed by atoms with Gasteiger partial charge in [0.1, 0.15) is 5.82 Å². The normalized spacial score (nSPS) is 22.6. The van der Waals surface area contributed by atoms with E-state index in [1.165, 1.54) is 12.1 Å². The largest absolute Gasteiger partial charge is 0.396 e. The van der Waals surface area contributed by atoms with Crippen LogP contribution in [-0.2, 0) is 0 Å². The van der Waals surface area contributed by atoms with E-state index in [-0.39, 0.29) is 23.6 Å². The molecule has 110 valence electrons. The second-order valence-corrected chi connectivity index (χ2v) is 6.03. The quantitative estimate of drug-likeness (QED) is 0.737. The van der Waals surface area contributed by atoms with Crippen LogP contribution in [0.5, 0.6) is 0 Å². The molecule has 0 spiro atoms. The Morgan fingerprint density at radius 2 is 2.15 bits per heavy atom. The summed E-state index contributed by atoms with van der Waals surface area (Å²) in [5.41, 5.74) is 5.71. The number of nitrogens with one attached hydrogen (secondary N) is 1. The molecule has 0 heterocycles. The van der Waals surface area contributed by atoms with Crippen molar-refractivity contribution in [3.8, 4) is 0 Å². The average molecular weight is 345 g/mol. The Morgan fingerprint density at radius 1 is 1.45 bits per heavy atom. The molecule has 0 bridgehead atoms. The maximum Gasteiger partial charge on any atom is 0.252 e. The molecule has 0 saturated heterocycles. The van der Waals surface area contributed by atoms with Crippen molar-refractivity contribution in [1.29, 1.82) is 0 Å². The highest BCUT2D eigenvalue weighted by molar-refractivity contribution is 9.10. The lowest BCUT2D eigenvalue weighted by Gasteiger charge is -2.27. The SMILES string of the molecule is Nc1cc(C(=O)NCC2CCCCC2O)c(Br)cc1F. The molecule has 2 unspecified atom stereocenters. The lowest BCUT2D eigenvalue weighted by molar-refractivity contribution is 0.0662. The third-order valence-electron chi connectivity index (χ3n) is 3.72. The van der Waals surface area contributed by atoms with Gasteiger partial charge in [-0.15, -0.1) is 0 Å². The Bertz CT molecular complexity index is 510. The molecular formula is C14H18BrFN2O2. The number of aliphatic hydroxyl groups is 1. The number of carbonyl (C=O) groups excluding carboxylic acids is 1. The van der Waals surface area contributed by atoms with Gasteiger partial charge in [0.2, 0.25) is 0 Å². The van der Waals surface area contributed by atoms with E-state index in [9.17, 15) is 14.3 Å². The highest BCUT2D eigenvalue weighted by Crippen LogP contribution is 2.25. The van der Waals surface area contributed by atoms with Crippen molar-refractivity contribution in [2.45, 2.75) is 31.8 Å². The summed E-state index contributed by atoms with van der Waals surface area (Å²) in [6, 6.07) is 2.49. The Balaban J connectivity index is 2.00. The number of nitrogen functional groups attached to an aromatic ring is 1. The molecule has 1 aliphatic rings. The number of hydrogen-bond donors (Lipinski definition) is 3. The number of amides is 1. The molecule has 1 aromatic rings. The number of halogens is 2. The van der Waals surface area contributed by atoms with Crippen LogP contribution in [0.25, 0.3) is 0 Å². The van der Waals surface area contributed by atoms with E-state index in [1.807, 2.05) is 0 Å². The van der Waals surface area contributed by atoms with Crippen molar-refractivity contribution in [3.05, 3.63) is 28.0 Å². The zero-order valence-electron chi connectivity index (χ0n) is 11.0. The Hall–Kier alpha value is -1.14. The highest BCUT2D eigenvalue weighted by atomic mass is 79.9. The molecule has 4 nitrogen and oxygen atoms in total. The topological polar surface area (TPSA) is 75.4 Å². The van der Waals surface area contributed by atoms with E-state index < -0.39 is 5.82 Å². The molecule has 1 aromatic carbocycles. The first-order valence-corrected chi connectivity index (χ1v) is 7.49. The van der Waals surface area contributed by atoms with Gasteiger partial charge in [-0.1, -0.05) is 12.8 Å². The lowest BCUT2D eigenvalue weighted by Crippen LogP contribution is -2.36. The summed E-state index contributed by atoms with van der Waals surface area (Å²) >= 11 is 3.15. The zero-order chi connectivity index (χ0) is 14.7. The van der Waals surface area contributed by atoms with E-state index >= 15 is 0 Å². The van der Waals surface area contributed by atoms with Crippen molar-refractivity contribution >= 4 is 27.5 Å². The van der Waals surface area contributed by atoms with Crippen LogP contribution in [-0.4, -0.2) is 23.7 Å². The van der Waals surface area contributed by atoms with Crippen molar-refractivity contribution in [3.63, 3.8) is 0 Å². The maximum atomic E-state index is 13.2. The summed E-state index contributed by atoms with van der Waals surface area (Å²) in [5, 5.41) is 12.6. The van der Waals surface area contributed by atoms with E-state index in [0.29, 0.717) is 16.6 Å². The molecule has 2 rings (SSSR count). The van der Waals surface area contributed by atoms with Crippen LogP contribution in [0.1, 0.15) is 36.0 Å². The van der Waals surface area contributed by atoms with Crippen molar-refractivity contribution in [2.75, 3.05) is 12.3 Å². The number of carbonyl (C=O) groups is 1. The molecule has 1 amide bonds. The molecule has 1 fully saturated rings. The molecule has 2 atom stereocenters. The van der Waals surface area contributed by atoms with Gasteiger partial charge < -0.3 is 16.2 Å². The number of hydrogen-bond acceptors (Lipinski definition) is 3. The minimum Gasteiger partial charge on any atom is -0.396 e. The summed E-state index contributed by atoms with van der Waals surface area (Å²) in [4.78, 5) is 12.1. The molecule has 1 saturated carbocycles. The van der Waals surface area contributed by atoms with Crippen LogP contribution in [0.4, 0.5) is 10.1 Å². The lowest BCUT2D eigenvalue weighted by atomic mass is 9.86. The number of benzene rings is 1. The molecule has 0 aliphatic heterocycles. The van der Waals surface area contributed by atoms with Crippen LogP contribution in [0.2, 0.25) is 0 Å². The number of rotatable bonds is 3. The first-order valence-electron chi connectivity index (χ1n) is 6.70. The molecule has 6 heteroatoms. The molecule has 1 aliphatic carbocycles. The predicted molar refractivity (Wildman–Crippen MR) is 78.8 cm³/mol. The smallest absolute Gasteiger partial charge is 0.252 e. The third kappa shape index (κ3) is 3.49. The second kappa shape index (κ2) is 6.54. The van der Waals surface area contributed by atoms with Gasteiger partial charge in [0, 0.05) is 16.9 Å². The Kier molecular flexibility index (Phi) is 4.99. The fraction of sp³-hybridized carbons (Fsp3) is 0.500. The zero-order valence-corrected chi connectivity index (χ0v) is 12.6. The average Bonchev–Trinajstić information content (AvgIpc) is 2.41.